The molecule has 0 aromatic heterocycles. The van der Waals surface area contributed by atoms with Crippen LogP contribution in [0.25, 0.3) is 0 Å². The molecule has 0 saturated heterocycles. The van der Waals surface area contributed by atoms with Crippen LogP contribution in [-0.4, -0.2) is 31.1 Å². The average Bonchev–Trinajstić information content (AvgIpc) is 2.76. The molecule has 19 heavy (non-hydrogen) atoms. The van der Waals surface area contributed by atoms with E-state index < -0.39 is 0 Å². The second-order valence-electron chi connectivity index (χ2n) is 5.57. The van der Waals surface area contributed by atoms with Crippen molar-refractivity contribution in [2.45, 2.75) is 26.3 Å². The zero-order valence-electron chi connectivity index (χ0n) is 12.2. The Bertz CT molecular complexity index is 454. The summed E-state index contributed by atoms with van der Waals surface area (Å²) in [6, 6.07) is 8.81. The molecule has 1 N–H and O–H groups in total. The number of benzene rings is 1. The molecular formula is C15H23N3S. The third-order valence-electron chi connectivity index (χ3n) is 3.08. The van der Waals surface area contributed by atoms with E-state index in [1.165, 1.54) is 12.1 Å². The lowest BCUT2D eigenvalue weighted by Crippen LogP contribution is -2.14. The Labute approximate surface area is 120 Å². The lowest BCUT2D eigenvalue weighted by molar-refractivity contribution is 0.529. The van der Waals surface area contributed by atoms with Gasteiger partial charge in [-0.25, -0.2) is 0 Å². The van der Waals surface area contributed by atoms with Crippen molar-refractivity contribution in [3.05, 3.63) is 24.3 Å². The Morgan fingerprint density at radius 1 is 1.37 bits per heavy atom. The predicted octanol–water partition coefficient (Wildman–Crippen LogP) is 3.68. The summed E-state index contributed by atoms with van der Waals surface area (Å²) >= 11 is 1.83. The molecule has 1 atom stereocenters. The molecule has 0 spiro atoms. The number of nitrogens with one attached hydrogen (secondary N) is 1. The Balaban J connectivity index is 2.06. The number of hydrogen-bond acceptors (Lipinski definition) is 4. The summed E-state index contributed by atoms with van der Waals surface area (Å²) in [5.41, 5.74) is 2.32. The van der Waals surface area contributed by atoms with E-state index in [1.54, 1.807) is 0 Å². The minimum Gasteiger partial charge on any atom is -0.376 e. The summed E-state index contributed by atoms with van der Waals surface area (Å²) in [5, 5.41) is 4.52. The molecule has 1 aromatic carbocycles. The number of thioether (sulfide) groups is 1. The third-order valence-corrected chi connectivity index (χ3v) is 4.12. The molecule has 0 fully saturated rings. The molecule has 1 aromatic rings. The summed E-state index contributed by atoms with van der Waals surface area (Å²) in [5.74, 6) is 1.81. The largest absolute Gasteiger partial charge is 0.376 e. The molecule has 1 unspecified atom stereocenters. The van der Waals surface area contributed by atoms with Crippen LogP contribution in [0.2, 0.25) is 0 Å². The molecule has 2 rings (SSSR count). The fourth-order valence-electron chi connectivity index (χ4n) is 2.23. The van der Waals surface area contributed by atoms with Gasteiger partial charge in [0.1, 0.15) is 0 Å². The Morgan fingerprint density at radius 3 is 2.79 bits per heavy atom. The van der Waals surface area contributed by atoms with Gasteiger partial charge >= 0.3 is 0 Å². The lowest BCUT2D eigenvalue weighted by atomic mass is 10.1. The Hall–Kier alpha value is -1.16. The maximum atomic E-state index is 4.77. The van der Waals surface area contributed by atoms with E-state index in [1.807, 2.05) is 11.8 Å². The van der Waals surface area contributed by atoms with Crippen LogP contribution < -0.4 is 10.2 Å². The van der Waals surface area contributed by atoms with E-state index in [-0.39, 0.29) is 0 Å². The number of hydrogen-bond donors (Lipinski definition) is 1. The van der Waals surface area contributed by atoms with Crippen molar-refractivity contribution in [1.29, 1.82) is 0 Å². The van der Waals surface area contributed by atoms with Crippen molar-refractivity contribution in [3.8, 4) is 0 Å². The van der Waals surface area contributed by atoms with E-state index >= 15 is 0 Å². The SMILES string of the molecule is CC(C)CC1CSC(Nc2ccccc2N(C)C)=N1. The fourth-order valence-corrected chi connectivity index (χ4v) is 3.20. The van der Waals surface area contributed by atoms with Gasteiger partial charge in [-0.1, -0.05) is 37.7 Å². The van der Waals surface area contributed by atoms with Crippen molar-refractivity contribution in [1.82, 2.24) is 0 Å². The summed E-state index contributed by atoms with van der Waals surface area (Å²) in [4.78, 5) is 6.89. The van der Waals surface area contributed by atoms with Gasteiger partial charge in [0.2, 0.25) is 0 Å². The normalized spacial score (nSPS) is 18.6. The zero-order valence-corrected chi connectivity index (χ0v) is 13.0. The van der Waals surface area contributed by atoms with Crippen LogP contribution in [0, 0.1) is 5.92 Å². The van der Waals surface area contributed by atoms with Crippen molar-refractivity contribution in [3.63, 3.8) is 0 Å². The first kappa shape index (κ1) is 14.3. The van der Waals surface area contributed by atoms with Crippen molar-refractivity contribution >= 4 is 28.3 Å². The Morgan fingerprint density at radius 2 is 2.11 bits per heavy atom. The predicted molar refractivity (Wildman–Crippen MR) is 87.5 cm³/mol. The summed E-state index contributed by atoms with van der Waals surface area (Å²) in [7, 11) is 4.12. The van der Waals surface area contributed by atoms with Crippen molar-refractivity contribution < 1.29 is 0 Å². The first-order valence-electron chi connectivity index (χ1n) is 6.80. The van der Waals surface area contributed by atoms with E-state index in [4.69, 9.17) is 4.99 Å². The van der Waals surface area contributed by atoms with E-state index in [2.05, 4.69) is 62.4 Å². The second kappa shape index (κ2) is 6.33. The second-order valence-corrected chi connectivity index (χ2v) is 6.57. The van der Waals surface area contributed by atoms with Crippen LogP contribution in [0.15, 0.2) is 29.3 Å². The molecule has 1 heterocycles. The molecule has 0 amide bonds. The molecule has 0 radical (unpaired) electrons. The number of nitrogens with zero attached hydrogens (tertiary/aromatic N) is 2. The monoisotopic (exact) mass is 277 g/mol. The molecule has 104 valence electrons. The highest BCUT2D eigenvalue weighted by molar-refractivity contribution is 8.14. The van der Waals surface area contributed by atoms with Gasteiger partial charge in [0.15, 0.2) is 5.17 Å². The first-order valence-corrected chi connectivity index (χ1v) is 7.79. The summed E-state index contributed by atoms with van der Waals surface area (Å²) < 4.78 is 0. The quantitative estimate of drug-likeness (QED) is 0.909. The maximum absolute atomic E-state index is 4.77. The standard InChI is InChI=1S/C15H23N3S/c1-11(2)9-12-10-19-15(16-12)17-13-7-5-6-8-14(13)18(3)4/h5-8,11-12H,9-10H2,1-4H3,(H,16,17). The molecule has 0 bridgehead atoms. The average molecular weight is 277 g/mol. The van der Waals surface area contributed by atoms with E-state index in [9.17, 15) is 0 Å². The van der Waals surface area contributed by atoms with Gasteiger partial charge in [-0.2, -0.15) is 0 Å². The molecule has 1 aliphatic heterocycles. The highest BCUT2D eigenvalue weighted by Crippen LogP contribution is 2.28. The Kier molecular flexibility index (Phi) is 4.75. The number of para-hydroxylation sites is 2. The number of rotatable bonds is 4. The summed E-state index contributed by atoms with van der Waals surface area (Å²) in [6.07, 6.45) is 1.17. The number of anilines is 2. The maximum Gasteiger partial charge on any atom is 0.161 e. The molecule has 3 nitrogen and oxygen atoms in total. The van der Waals surface area contributed by atoms with E-state index in [0.717, 1.165) is 16.6 Å². The zero-order chi connectivity index (χ0) is 13.8. The molecule has 0 aliphatic carbocycles. The number of amidine groups is 1. The molecular weight excluding hydrogens is 254 g/mol. The topological polar surface area (TPSA) is 27.6 Å². The van der Waals surface area contributed by atoms with E-state index in [0.29, 0.717) is 12.0 Å². The summed E-state index contributed by atoms with van der Waals surface area (Å²) in [6.45, 7) is 4.51. The molecule has 4 heteroatoms. The van der Waals surface area contributed by atoms with Gasteiger partial charge in [-0.15, -0.1) is 0 Å². The smallest absolute Gasteiger partial charge is 0.161 e. The fraction of sp³-hybridized carbons (Fsp3) is 0.533. The van der Waals surface area contributed by atoms with Crippen molar-refractivity contribution in [2.24, 2.45) is 10.9 Å². The van der Waals surface area contributed by atoms with Gasteiger partial charge in [0, 0.05) is 19.8 Å². The van der Waals surface area contributed by atoms with Crippen LogP contribution in [-0.2, 0) is 0 Å². The van der Waals surface area contributed by atoms with Crippen LogP contribution in [0.3, 0.4) is 0 Å². The lowest BCUT2D eigenvalue weighted by Gasteiger charge is -2.17. The minimum atomic E-state index is 0.471. The van der Waals surface area contributed by atoms with Crippen LogP contribution in [0.5, 0.6) is 0 Å². The van der Waals surface area contributed by atoms with Crippen molar-refractivity contribution in [2.75, 3.05) is 30.1 Å². The van der Waals surface area contributed by atoms with Gasteiger partial charge in [-0.3, -0.25) is 4.99 Å². The number of aliphatic imine (C=N–C) groups is 1. The highest BCUT2D eigenvalue weighted by Gasteiger charge is 2.19. The van der Waals surface area contributed by atoms with Crippen LogP contribution >= 0.6 is 11.8 Å². The van der Waals surface area contributed by atoms with Gasteiger partial charge in [-0.05, 0) is 24.5 Å². The highest BCUT2D eigenvalue weighted by atomic mass is 32.2. The van der Waals surface area contributed by atoms with Gasteiger partial charge in [0.25, 0.3) is 0 Å². The molecule has 1 aliphatic rings. The first-order chi connectivity index (χ1) is 9.06. The molecule has 0 saturated carbocycles. The van der Waals surface area contributed by atoms with Gasteiger partial charge in [0.05, 0.1) is 17.4 Å². The minimum absolute atomic E-state index is 0.471. The van der Waals surface area contributed by atoms with Crippen LogP contribution in [0.1, 0.15) is 20.3 Å². The van der Waals surface area contributed by atoms with Crippen LogP contribution in [0.4, 0.5) is 11.4 Å². The van der Waals surface area contributed by atoms with Gasteiger partial charge < -0.3 is 10.2 Å². The third kappa shape index (κ3) is 3.90.